The molecule has 2 rings (SSSR count). The summed E-state index contributed by atoms with van der Waals surface area (Å²) in [5, 5.41) is 0. The smallest absolute Gasteiger partial charge is 0.211 e. The first-order chi connectivity index (χ1) is 9.49. The first kappa shape index (κ1) is 15.2. The Hall–Kier alpha value is -1.17. The van der Waals surface area contributed by atoms with E-state index in [0.29, 0.717) is 6.54 Å². The van der Waals surface area contributed by atoms with E-state index in [1.54, 1.807) is 24.3 Å². The fourth-order valence-corrected chi connectivity index (χ4v) is 3.58. The average molecular weight is 354 g/mol. The minimum atomic E-state index is -3.47. The summed E-state index contributed by atoms with van der Waals surface area (Å²) in [5.74, 6) is 0.123. The van der Waals surface area contributed by atoms with E-state index in [-0.39, 0.29) is 10.8 Å². The molecule has 0 fully saturated rings. The third-order valence-electron chi connectivity index (χ3n) is 3.05. The average Bonchev–Trinajstić information content (AvgIpc) is 2.46. The largest absolute Gasteiger partial charge is 0.240 e. The summed E-state index contributed by atoms with van der Waals surface area (Å²) in [6, 6.07) is 16.5. The van der Waals surface area contributed by atoms with Crippen LogP contribution in [0.5, 0.6) is 0 Å². The molecule has 0 saturated heterocycles. The van der Waals surface area contributed by atoms with Crippen molar-refractivity contribution in [3.63, 3.8) is 0 Å². The van der Waals surface area contributed by atoms with Crippen molar-refractivity contribution in [2.45, 2.75) is 17.7 Å². The first-order valence-corrected chi connectivity index (χ1v) is 8.57. The monoisotopic (exact) mass is 353 g/mol. The Balaban J connectivity index is 2.07. The van der Waals surface area contributed by atoms with Crippen LogP contribution in [0.3, 0.4) is 0 Å². The van der Waals surface area contributed by atoms with E-state index in [4.69, 9.17) is 0 Å². The summed E-state index contributed by atoms with van der Waals surface area (Å²) in [6.45, 7) is 2.37. The maximum absolute atomic E-state index is 12.2. The molecule has 0 radical (unpaired) electrons. The predicted octanol–water partition coefficient (Wildman–Crippen LogP) is 3.53. The molecule has 3 nitrogen and oxygen atoms in total. The molecular formula is C15H16BrNO2S. The summed E-state index contributed by atoms with van der Waals surface area (Å²) in [7, 11) is -3.47. The van der Waals surface area contributed by atoms with Crippen molar-refractivity contribution < 1.29 is 8.42 Å². The van der Waals surface area contributed by atoms with Gasteiger partial charge in [-0.25, -0.2) is 13.1 Å². The fraction of sp³-hybridized carbons (Fsp3) is 0.200. The van der Waals surface area contributed by atoms with Crippen molar-refractivity contribution in [1.82, 2.24) is 4.72 Å². The van der Waals surface area contributed by atoms with Crippen LogP contribution in [0.1, 0.15) is 18.4 Å². The van der Waals surface area contributed by atoms with Crippen LogP contribution >= 0.6 is 15.9 Å². The Morgan fingerprint density at radius 3 is 2.45 bits per heavy atom. The van der Waals surface area contributed by atoms with Gasteiger partial charge in [-0.3, -0.25) is 0 Å². The van der Waals surface area contributed by atoms with Crippen molar-refractivity contribution >= 4 is 26.0 Å². The van der Waals surface area contributed by atoms with E-state index >= 15 is 0 Å². The Kier molecular flexibility index (Phi) is 4.96. The van der Waals surface area contributed by atoms with Gasteiger partial charge in [-0.2, -0.15) is 0 Å². The number of hydrogen-bond acceptors (Lipinski definition) is 2. The van der Waals surface area contributed by atoms with Gasteiger partial charge >= 0.3 is 0 Å². The second-order valence-electron chi connectivity index (χ2n) is 4.62. The van der Waals surface area contributed by atoms with Crippen LogP contribution in [0.4, 0.5) is 0 Å². The van der Waals surface area contributed by atoms with Crippen molar-refractivity contribution in [2.24, 2.45) is 0 Å². The molecule has 0 saturated carbocycles. The normalized spacial score (nSPS) is 13.1. The number of rotatable bonds is 5. The van der Waals surface area contributed by atoms with Gasteiger partial charge in [-0.1, -0.05) is 59.3 Å². The highest BCUT2D eigenvalue weighted by molar-refractivity contribution is 9.10. The lowest BCUT2D eigenvalue weighted by Crippen LogP contribution is -2.27. The molecule has 2 aromatic carbocycles. The van der Waals surface area contributed by atoms with Gasteiger partial charge in [0.25, 0.3) is 0 Å². The molecule has 0 spiro atoms. The molecule has 0 aromatic heterocycles. The lowest BCUT2D eigenvalue weighted by Gasteiger charge is -2.13. The zero-order valence-corrected chi connectivity index (χ0v) is 13.5. The summed E-state index contributed by atoms with van der Waals surface area (Å²) < 4.78 is 27.8. The molecule has 2 aromatic rings. The molecule has 0 aliphatic carbocycles. The summed E-state index contributed by atoms with van der Waals surface area (Å²) >= 11 is 3.28. The lowest BCUT2D eigenvalue weighted by molar-refractivity contribution is 0.575. The van der Waals surface area contributed by atoms with Gasteiger partial charge in [0.2, 0.25) is 10.0 Å². The molecule has 5 heteroatoms. The molecule has 20 heavy (non-hydrogen) atoms. The molecule has 0 bridgehead atoms. The molecular weight excluding hydrogens is 338 g/mol. The van der Waals surface area contributed by atoms with Crippen LogP contribution in [0.25, 0.3) is 0 Å². The number of sulfonamides is 1. The summed E-state index contributed by atoms with van der Waals surface area (Å²) in [4.78, 5) is 0.270. The van der Waals surface area contributed by atoms with E-state index in [1.165, 1.54) is 0 Å². The highest BCUT2D eigenvalue weighted by Crippen LogP contribution is 2.18. The number of benzene rings is 2. The molecule has 0 aliphatic heterocycles. The van der Waals surface area contributed by atoms with Gasteiger partial charge in [0.15, 0.2) is 0 Å². The van der Waals surface area contributed by atoms with Crippen LogP contribution < -0.4 is 4.72 Å². The fourth-order valence-electron chi connectivity index (χ4n) is 1.85. The maximum Gasteiger partial charge on any atom is 0.240 e. The van der Waals surface area contributed by atoms with E-state index in [1.807, 2.05) is 37.3 Å². The van der Waals surface area contributed by atoms with E-state index < -0.39 is 10.0 Å². The standard InChI is InChI=1S/C15H16BrNO2S/c1-12(13-6-3-2-4-7-13)11-17-20(18,19)15-9-5-8-14(16)10-15/h2-10,12,17H,11H2,1H3/t12-/m1/s1. The minimum absolute atomic E-state index is 0.123. The minimum Gasteiger partial charge on any atom is -0.211 e. The van der Waals surface area contributed by atoms with Crippen molar-refractivity contribution in [2.75, 3.05) is 6.54 Å². The van der Waals surface area contributed by atoms with Crippen LogP contribution in [-0.2, 0) is 10.0 Å². The second-order valence-corrected chi connectivity index (χ2v) is 7.30. The number of hydrogen-bond donors (Lipinski definition) is 1. The zero-order chi connectivity index (χ0) is 14.6. The Labute approximate surface area is 128 Å². The molecule has 106 valence electrons. The Bertz CT molecular complexity index is 671. The highest BCUT2D eigenvalue weighted by atomic mass is 79.9. The third-order valence-corrected chi connectivity index (χ3v) is 4.97. The highest BCUT2D eigenvalue weighted by Gasteiger charge is 2.15. The van der Waals surface area contributed by atoms with Crippen LogP contribution in [-0.4, -0.2) is 15.0 Å². The Morgan fingerprint density at radius 1 is 1.10 bits per heavy atom. The Morgan fingerprint density at radius 2 is 1.80 bits per heavy atom. The summed E-state index contributed by atoms with van der Waals surface area (Å²) in [6.07, 6.45) is 0. The number of nitrogens with one attached hydrogen (secondary N) is 1. The van der Waals surface area contributed by atoms with Gasteiger partial charge in [-0.15, -0.1) is 0 Å². The SMILES string of the molecule is C[C@H](CNS(=O)(=O)c1cccc(Br)c1)c1ccccc1. The third kappa shape index (κ3) is 3.91. The van der Waals surface area contributed by atoms with Gasteiger partial charge < -0.3 is 0 Å². The molecule has 1 N–H and O–H groups in total. The number of halogens is 1. The van der Waals surface area contributed by atoms with Gasteiger partial charge in [0.1, 0.15) is 0 Å². The van der Waals surface area contributed by atoms with Gasteiger partial charge in [0.05, 0.1) is 4.90 Å². The van der Waals surface area contributed by atoms with Gasteiger partial charge in [-0.05, 0) is 29.7 Å². The summed E-state index contributed by atoms with van der Waals surface area (Å²) in [5.41, 5.74) is 1.12. The van der Waals surface area contributed by atoms with E-state index in [9.17, 15) is 8.42 Å². The zero-order valence-electron chi connectivity index (χ0n) is 11.1. The predicted molar refractivity (Wildman–Crippen MR) is 84.2 cm³/mol. The second kappa shape index (κ2) is 6.52. The van der Waals surface area contributed by atoms with E-state index in [2.05, 4.69) is 20.7 Å². The van der Waals surface area contributed by atoms with Crippen molar-refractivity contribution in [3.8, 4) is 0 Å². The first-order valence-electron chi connectivity index (χ1n) is 6.29. The molecule has 0 aliphatic rings. The molecule has 0 heterocycles. The van der Waals surface area contributed by atoms with Crippen LogP contribution in [0, 0.1) is 0 Å². The molecule has 0 unspecified atom stereocenters. The van der Waals surface area contributed by atoms with E-state index in [0.717, 1.165) is 10.0 Å². The molecule has 0 amide bonds. The van der Waals surface area contributed by atoms with Crippen molar-refractivity contribution in [1.29, 1.82) is 0 Å². The maximum atomic E-state index is 12.2. The quantitative estimate of drug-likeness (QED) is 0.893. The van der Waals surface area contributed by atoms with Crippen LogP contribution in [0.15, 0.2) is 64.0 Å². The topological polar surface area (TPSA) is 46.2 Å². The molecule has 1 atom stereocenters. The van der Waals surface area contributed by atoms with Crippen molar-refractivity contribution in [3.05, 3.63) is 64.6 Å². The van der Waals surface area contributed by atoms with Gasteiger partial charge in [0, 0.05) is 11.0 Å². The van der Waals surface area contributed by atoms with Crippen LogP contribution in [0.2, 0.25) is 0 Å². The lowest BCUT2D eigenvalue weighted by atomic mass is 10.0.